The number of nitrogens with zero attached hydrogens (tertiary/aromatic N) is 3. The first kappa shape index (κ1) is 15.6. The molecule has 0 aromatic carbocycles. The van der Waals surface area contributed by atoms with Crippen molar-refractivity contribution >= 4 is 5.82 Å². The molecule has 1 rings (SSSR count). The van der Waals surface area contributed by atoms with Gasteiger partial charge in [0, 0.05) is 32.9 Å². The van der Waals surface area contributed by atoms with Crippen LogP contribution in [0.3, 0.4) is 0 Å². The first-order valence-corrected chi connectivity index (χ1v) is 6.68. The number of nitrogens with one attached hydrogen (secondary N) is 1. The average molecular weight is 264 g/mol. The van der Waals surface area contributed by atoms with Crippen LogP contribution in [-0.4, -0.2) is 43.3 Å². The Morgan fingerprint density at radius 1 is 1.47 bits per heavy atom. The Hall–Kier alpha value is -1.46. The summed E-state index contributed by atoms with van der Waals surface area (Å²) in [7, 11) is 1.70. The van der Waals surface area contributed by atoms with Crippen LogP contribution >= 0.6 is 0 Å². The number of anilines is 1. The van der Waals surface area contributed by atoms with Gasteiger partial charge in [-0.15, -0.1) is 6.58 Å². The monoisotopic (exact) mass is 264 g/mol. The molecule has 0 saturated carbocycles. The minimum atomic E-state index is 0.661. The van der Waals surface area contributed by atoms with Crippen LogP contribution < -0.4 is 10.2 Å². The van der Waals surface area contributed by atoms with Crippen molar-refractivity contribution in [1.82, 2.24) is 15.3 Å². The number of ether oxygens (including phenoxy) is 1. The summed E-state index contributed by atoms with van der Waals surface area (Å²) >= 11 is 0. The Labute approximate surface area is 115 Å². The highest BCUT2D eigenvalue weighted by molar-refractivity contribution is 5.37. The molecule has 19 heavy (non-hydrogen) atoms. The zero-order valence-electron chi connectivity index (χ0n) is 11.9. The van der Waals surface area contributed by atoms with E-state index < -0.39 is 0 Å². The third-order valence-electron chi connectivity index (χ3n) is 2.64. The van der Waals surface area contributed by atoms with Gasteiger partial charge in [0.15, 0.2) is 0 Å². The van der Waals surface area contributed by atoms with Gasteiger partial charge in [-0.25, -0.2) is 4.98 Å². The highest BCUT2D eigenvalue weighted by atomic mass is 16.5. The highest BCUT2D eigenvalue weighted by Crippen LogP contribution is 2.09. The SMILES string of the molecule is C=CCN(CCOC)c1cncc(CNCCC)n1. The van der Waals surface area contributed by atoms with Crippen molar-refractivity contribution in [3.05, 3.63) is 30.7 Å². The van der Waals surface area contributed by atoms with Crippen molar-refractivity contribution in [2.75, 3.05) is 38.3 Å². The fraction of sp³-hybridized carbons (Fsp3) is 0.571. The summed E-state index contributed by atoms with van der Waals surface area (Å²) in [4.78, 5) is 11.0. The molecule has 1 aromatic heterocycles. The summed E-state index contributed by atoms with van der Waals surface area (Å²) in [6, 6.07) is 0. The fourth-order valence-corrected chi connectivity index (χ4v) is 1.68. The first-order valence-electron chi connectivity index (χ1n) is 6.68. The molecule has 0 aliphatic heterocycles. The van der Waals surface area contributed by atoms with E-state index >= 15 is 0 Å². The van der Waals surface area contributed by atoms with E-state index in [4.69, 9.17) is 4.74 Å². The van der Waals surface area contributed by atoms with Crippen molar-refractivity contribution < 1.29 is 4.74 Å². The van der Waals surface area contributed by atoms with Crippen LogP contribution in [0.4, 0.5) is 5.82 Å². The molecule has 0 aliphatic rings. The lowest BCUT2D eigenvalue weighted by molar-refractivity contribution is 0.205. The van der Waals surface area contributed by atoms with E-state index in [0.717, 1.165) is 44.1 Å². The first-order chi connectivity index (χ1) is 9.31. The maximum Gasteiger partial charge on any atom is 0.147 e. The van der Waals surface area contributed by atoms with Crippen LogP contribution in [0.1, 0.15) is 19.0 Å². The number of aromatic nitrogens is 2. The summed E-state index contributed by atoms with van der Waals surface area (Å²) < 4.78 is 5.11. The number of hydrogen-bond donors (Lipinski definition) is 1. The van der Waals surface area contributed by atoms with Gasteiger partial charge in [-0.1, -0.05) is 13.0 Å². The lowest BCUT2D eigenvalue weighted by atomic mass is 10.4. The van der Waals surface area contributed by atoms with Crippen LogP contribution in [0.25, 0.3) is 0 Å². The summed E-state index contributed by atoms with van der Waals surface area (Å²) in [5.74, 6) is 0.868. The standard InChI is InChI=1S/C14H24N4O/c1-4-6-15-10-13-11-16-12-14(17-13)18(7-5-2)8-9-19-3/h5,11-12,15H,2,4,6-10H2,1,3H3. The molecule has 0 unspecified atom stereocenters. The second kappa shape index (κ2) is 9.47. The van der Waals surface area contributed by atoms with Gasteiger partial charge in [0.25, 0.3) is 0 Å². The van der Waals surface area contributed by atoms with Crippen molar-refractivity contribution in [3.63, 3.8) is 0 Å². The molecule has 0 bridgehead atoms. The molecule has 0 aliphatic carbocycles. The van der Waals surface area contributed by atoms with Gasteiger partial charge in [0.1, 0.15) is 5.82 Å². The topological polar surface area (TPSA) is 50.3 Å². The van der Waals surface area contributed by atoms with E-state index in [2.05, 4.69) is 33.7 Å². The Morgan fingerprint density at radius 3 is 3.00 bits per heavy atom. The Kier molecular flexibility index (Phi) is 7.77. The molecule has 5 nitrogen and oxygen atoms in total. The molecule has 0 atom stereocenters. The van der Waals surface area contributed by atoms with Crippen LogP contribution in [0, 0.1) is 0 Å². The maximum atomic E-state index is 5.11. The Morgan fingerprint density at radius 2 is 2.32 bits per heavy atom. The van der Waals surface area contributed by atoms with Crippen LogP contribution in [0.2, 0.25) is 0 Å². The van der Waals surface area contributed by atoms with Crippen molar-refractivity contribution in [3.8, 4) is 0 Å². The third-order valence-corrected chi connectivity index (χ3v) is 2.64. The predicted octanol–water partition coefficient (Wildman–Crippen LogP) is 1.61. The molecule has 5 heteroatoms. The summed E-state index contributed by atoms with van der Waals surface area (Å²) in [6.07, 6.45) is 6.56. The quantitative estimate of drug-likeness (QED) is 0.514. The molecule has 1 aromatic rings. The smallest absolute Gasteiger partial charge is 0.147 e. The largest absolute Gasteiger partial charge is 0.383 e. The molecule has 0 radical (unpaired) electrons. The molecule has 1 heterocycles. The molecule has 0 fully saturated rings. The molecule has 1 N–H and O–H groups in total. The zero-order valence-corrected chi connectivity index (χ0v) is 11.9. The maximum absolute atomic E-state index is 5.11. The minimum absolute atomic E-state index is 0.661. The van der Waals surface area contributed by atoms with Gasteiger partial charge in [0.05, 0.1) is 18.5 Å². The van der Waals surface area contributed by atoms with E-state index in [1.54, 1.807) is 19.5 Å². The highest BCUT2D eigenvalue weighted by Gasteiger charge is 2.07. The predicted molar refractivity (Wildman–Crippen MR) is 78.3 cm³/mol. The van der Waals surface area contributed by atoms with Gasteiger partial charge < -0.3 is 15.0 Å². The lowest BCUT2D eigenvalue weighted by Gasteiger charge is -2.21. The second-order valence-electron chi connectivity index (χ2n) is 4.27. The fourth-order valence-electron chi connectivity index (χ4n) is 1.68. The number of methoxy groups -OCH3 is 1. The Balaban J connectivity index is 2.67. The van der Waals surface area contributed by atoms with Gasteiger partial charge in [-0.3, -0.25) is 4.98 Å². The molecule has 0 spiro atoms. The van der Waals surface area contributed by atoms with Crippen LogP contribution in [0.15, 0.2) is 25.0 Å². The van der Waals surface area contributed by atoms with Crippen LogP contribution in [0.5, 0.6) is 0 Å². The van der Waals surface area contributed by atoms with Crippen molar-refractivity contribution in [1.29, 1.82) is 0 Å². The van der Waals surface area contributed by atoms with Gasteiger partial charge in [0.2, 0.25) is 0 Å². The summed E-state index contributed by atoms with van der Waals surface area (Å²) in [6.45, 7) is 9.84. The third kappa shape index (κ3) is 5.81. The van der Waals surface area contributed by atoms with Crippen molar-refractivity contribution in [2.45, 2.75) is 19.9 Å². The molecule has 106 valence electrons. The molecule has 0 amide bonds. The Bertz CT molecular complexity index is 370. The van der Waals surface area contributed by atoms with E-state index in [0.29, 0.717) is 6.61 Å². The average Bonchev–Trinajstić information content (AvgIpc) is 2.44. The zero-order chi connectivity index (χ0) is 13.9. The number of rotatable bonds is 10. The second-order valence-corrected chi connectivity index (χ2v) is 4.27. The van der Waals surface area contributed by atoms with E-state index in [-0.39, 0.29) is 0 Å². The van der Waals surface area contributed by atoms with Crippen molar-refractivity contribution in [2.24, 2.45) is 0 Å². The van der Waals surface area contributed by atoms with Gasteiger partial charge in [-0.2, -0.15) is 0 Å². The van der Waals surface area contributed by atoms with Crippen LogP contribution in [-0.2, 0) is 11.3 Å². The molecule has 0 saturated heterocycles. The van der Waals surface area contributed by atoms with Gasteiger partial charge in [-0.05, 0) is 13.0 Å². The molecular weight excluding hydrogens is 240 g/mol. The normalized spacial score (nSPS) is 10.4. The lowest BCUT2D eigenvalue weighted by Crippen LogP contribution is -2.28. The van der Waals surface area contributed by atoms with E-state index in [1.165, 1.54) is 0 Å². The number of hydrogen-bond acceptors (Lipinski definition) is 5. The van der Waals surface area contributed by atoms with Gasteiger partial charge >= 0.3 is 0 Å². The summed E-state index contributed by atoms with van der Waals surface area (Å²) in [5.41, 5.74) is 0.956. The minimum Gasteiger partial charge on any atom is -0.383 e. The van der Waals surface area contributed by atoms with E-state index in [9.17, 15) is 0 Å². The van der Waals surface area contributed by atoms with E-state index in [1.807, 2.05) is 6.08 Å². The molecular formula is C14H24N4O. The summed E-state index contributed by atoms with van der Waals surface area (Å²) in [5, 5.41) is 3.33.